The normalized spacial score (nSPS) is 16.1. The van der Waals surface area contributed by atoms with Gasteiger partial charge in [-0.15, -0.1) is 0 Å². The molecule has 2 N–H and O–H groups in total. The molecule has 2 heterocycles. The van der Waals surface area contributed by atoms with Gasteiger partial charge >= 0.3 is 11.8 Å². The number of carbonyl (C=O) groups excluding carboxylic acids is 2. The van der Waals surface area contributed by atoms with Crippen molar-refractivity contribution in [3.05, 3.63) is 47.2 Å². The highest BCUT2D eigenvalue weighted by Crippen LogP contribution is 2.27. The van der Waals surface area contributed by atoms with Crippen molar-refractivity contribution in [3.63, 3.8) is 0 Å². The predicted octanol–water partition coefficient (Wildman–Crippen LogP) is 1.73. The minimum absolute atomic E-state index is 0.00844. The number of likely N-dealkylation sites (N-methyl/N-ethyl adjacent to an activating group) is 1. The summed E-state index contributed by atoms with van der Waals surface area (Å²) in [6.45, 7) is 4.08. The predicted molar refractivity (Wildman–Crippen MR) is 117 cm³/mol. The van der Waals surface area contributed by atoms with E-state index in [0.717, 1.165) is 31.9 Å². The van der Waals surface area contributed by atoms with Crippen molar-refractivity contribution in [2.75, 3.05) is 52.2 Å². The molecule has 1 aliphatic rings. The van der Waals surface area contributed by atoms with Crippen LogP contribution in [0.3, 0.4) is 0 Å². The summed E-state index contributed by atoms with van der Waals surface area (Å²) in [4.78, 5) is 29.4. The number of nitrogens with one attached hydrogen (secondary N) is 2. The molecule has 0 saturated carbocycles. The number of hydrogen-bond acceptors (Lipinski definition) is 5. The van der Waals surface area contributed by atoms with Crippen LogP contribution in [0.25, 0.3) is 0 Å². The zero-order valence-corrected chi connectivity index (χ0v) is 18.3. The quantitative estimate of drug-likeness (QED) is 0.678. The molecular weight excluding hydrogens is 406 g/mol. The topological polar surface area (TPSA) is 78.8 Å². The smallest absolute Gasteiger partial charge is 0.313 e. The van der Waals surface area contributed by atoms with Gasteiger partial charge in [0.15, 0.2) is 0 Å². The SMILES string of the molecule is COc1ccc(NC(=O)C(=O)NCC(c2cccn2C)N2CCN(C)CC2)cc1Cl. The summed E-state index contributed by atoms with van der Waals surface area (Å²) in [6.07, 6.45) is 1.99. The molecule has 3 rings (SSSR count). The number of amides is 2. The summed E-state index contributed by atoms with van der Waals surface area (Å²) in [7, 11) is 5.60. The molecule has 30 heavy (non-hydrogen) atoms. The molecule has 9 heteroatoms. The number of rotatable bonds is 6. The van der Waals surface area contributed by atoms with Crippen LogP contribution < -0.4 is 15.4 Å². The van der Waals surface area contributed by atoms with Crippen LogP contribution in [0.2, 0.25) is 5.02 Å². The Hall–Kier alpha value is -2.55. The Morgan fingerprint density at radius 2 is 1.87 bits per heavy atom. The maximum Gasteiger partial charge on any atom is 0.313 e. The molecule has 1 aromatic heterocycles. The lowest BCUT2D eigenvalue weighted by molar-refractivity contribution is -0.136. The molecule has 1 saturated heterocycles. The Kier molecular flexibility index (Phi) is 7.36. The number of anilines is 1. The minimum atomic E-state index is -0.736. The van der Waals surface area contributed by atoms with Gasteiger partial charge in [0, 0.05) is 57.3 Å². The van der Waals surface area contributed by atoms with Crippen LogP contribution in [0.1, 0.15) is 11.7 Å². The number of aryl methyl sites for hydroxylation is 1. The second-order valence-electron chi connectivity index (χ2n) is 7.41. The van der Waals surface area contributed by atoms with E-state index in [1.807, 2.05) is 19.3 Å². The van der Waals surface area contributed by atoms with Gasteiger partial charge in [-0.25, -0.2) is 0 Å². The fourth-order valence-electron chi connectivity index (χ4n) is 3.58. The van der Waals surface area contributed by atoms with Gasteiger partial charge < -0.3 is 24.8 Å². The van der Waals surface area contributed by atoms with Crippen molar-refractivity contribution in [3.8, 4) is 5.75 Å². The first kappa shape index (κ1) is 22.1. The van der Waals surface area contributed by atoms with Gasteiger partial charge in [-0.2, -0.15) is 0 Å². The van der Waals surface area contributed by atoms with Crippen LogP contribution in [0, 0.1) is 0 Å². The van der Waals surface area contributed by atoms with Gasteiger partial charge in [0.25, 0.3) is 0 Å². The minimum Gasteiger partial charge on any atom is -0.495 e. The lowest BCUT2D eigenvalue weighted by Gasteiger charge is -2.38. The van der Waals surface area contributed by atoms with E-state index >= 15 is 0 Å². The molecule has 0 bridgehead atoms. The Morgan fingerprint density at radius 1 is 1.13 bits per heavy atom. The zero-order valence-electron chi connectivity index (χ0n) is 17.5. The molecule has 1 atom stereocenters. The molecule has 2 aromatic rings. The first-order chi connectivity index (χ1) is 14.4. The van der Waals surface area contributed by atoms with Crippen LogP contribution in [0.5, 0.6) is 5.75 Å². The number of carbonyl (C=O) groups is 2. The molecule has 0 radical (unpaired) electrons. The highest BCUT2D eigenvalue weighted by molar-refractivity contribution is 6.40. The number of halogens is 1. The average molecular weight is 434 g/mol. The van der Waals surface area contributed by atoms with E-state index in [1.54, 1.807) is 18.2 Å². The van der Waals surface area contributed by atoms with Crippen LogP contribution in [0.4, 0.5) is 5.69 Å². The molecule has 8 nitrogen and oxygen atoms in total. The van der Waals surface area contributed by atoms with Crippen molar-refractivity contribution in [2.45, 2.75) is 6.04 Å². The highest BCUT2D eigenvalue weighted by Gasteiger charge is 2.27. The Morgan fingerprint density at radius 3 is 2.47 bits per heavy atom. The molecule has 1 aromatic carbocycles. The van der Waals surface area contributed by atoms with E-state index in [1.165, 1.54) is 7.11 Å². The number of benzene rings is 1. The number of nitrogens with zero attached hydrogens (tertiary/aromatic N) is 3. The molecule has 162 valence electrons. The average Bonchev–Trinajstić information content (AvgIpc) is 3.15. The summed E-state index contributed by atoms with van der Waals surface area (Å²) >= 11 is 6.08. The van der Waals surface area contributed by atoms with Gasteiger partial charge in [-0.3, -0.25) is 14.5 Å². The third kappa shape index (κ3) is 5.33. The highest BCUT2D eigenvalue weighted by atomic mass is 35.5. The van der Waals surface area contributed by atoms with Crippen LogP contribution in [-0.2, 0) is 16.6 Å². The fraction of sp³-hybridized carbons (Fsp3) is 0.429. The number of methoxy groups -OCH3 is 1. The Labute approximate surface area is 181 Å². The second kappa shape index (κ2) is 9.97. The monoisotopic (exact) mass is 433 g/mol. The Balaban J connectivity index is 1.63. The van der Waals surface area contributed by atoms with E-state index < -0.39 is 11.8 Å². The van der Waals surface area contributed by atoms with E-state index in [4.69, 9.17) is 16.3 Å². The molecule has 2 amide bonds. The molecule has 1 fully saturated rings. The van der Waals surface area contributed by atoms with Crippen molar-refractivity contribution in [1.29, 1.82) is 0 Å². The molecule has 0 spiro atoms. The molecular formula is C21H28ClN5O3. The zero-order chi connectivity index (χ0) is 21.7. The Bertz CT molecular complexity index is 893. The molecule has 1 unspecified atom stereocenters. The maximum atomic E-state index is 12.4. The van der Waals surface area contributed by atoms with Crippen molar-refractivity contribution in [2.24, 2.45) is 7.05 Å². The van der Waals surface area contributed by atoms with E-state index in [-0.39, 0.29) is 6.04 Å². The first-order valence-electron chi connectivity index (χ1n) is 9.85. The van der Waals surface area contributed by atoms with Crippen LogP contribution in [-0.4, -0.2) is 73.1 Å². The number of piperazine rings is 1. The third-order valence-electron chi connectivity index (χ3n) is 5.38. The lowest BCUT2D eigenvalue weighted by atomic mass is 10.1. The number of aromatic nitrogens is 1. The van der Waals surface area contributed by atoms with Gasteiger partial charge in [0.2, 0.25) is 0 Å². The summed E-state index contributed by atoms with van der Waals surface area (Å²) in [6, 6.07) is 8.84. The van der Waals surface area contributed by atoms with Crippen molar-refractivity contribution >= 4 is 29.1 Å². The van der Waals surface area contributed by atoms with Crippen molar-refractivity contribution in [1.82, 2.24) is 19.7 Å². The summed E-state index contributed by atoms with van der Waals surface area (Å²) < 4.78 is 7.14. The second-order valence-corrected chi connectivity index (χ2v) is 7.82. The van der Waals surface area contributed by atoms with Gasteiger partial charge in [-0.05, 0) is 37.4 Å². The number of ether oxygens (including phenoxy) is 1. The standard InChI is InChI=1S/C21H28ClN5O3/c1-25-9-11-27(12-10-25)18(17-5-4-8-26(17)2)14-23-20(28)21(29)24-15-6-7-19(30-3)16(22)13-15/h4-8,13,18H,9-12,14H2,1-3H3,(H,23,28)(H,24,29). The summed E-state index contributed by atoms with van der Waals surface area (Å²) in [5.74, 6) is -0.924. The lowest BCUT2D eigenvalue weighted by Crippen LogP contribution is -2.49. The van der Waals surface area contributed by atoms with Gasteiger partial charge in [0.05, 0.1) is 18.2 Å². The van der Waals surface area contributed by atoms with Gasteiger partial charge in [0.1, 0.15) is 5.75 Å². The first-order valence-corrected chi connectivity index (χ1v) is 10.2. The summed E-state index contributed by atoms with van der Waals surface area (Å²) in [5, 5.41) is 5.72. The van der Waals surface area contributed by atoms with Crippen LogP contribution >= 0.6 is 11.6 Å². The van der Waals surface area contributed by atoms with E-state index in [2.05, 4.69) is 38.1 Å². The largest absolute Gasteiger partial charge is 0.495 e. The summed E-state index contributed by atoms with van der Waals surface area (Å²) in [5.41, 5.74) is 1.53. The van der Waals surface area contributed by atoms with E-state index in [0.29, 0.717) is 23.0 Å². The van der Waals surface area contributed by atoms with Crippen LogP contribution in [0.15, 0.2) is 36.5 Å². The fourth-order valence-corrected chi connectivity index (χ4v) is 3.83. The van der Waals surface area contributed by atoms with Crippen molar-refractivity contribution < 1.29 is 14.3 Å². The van der Waals surface area contributed by atoms with E-state index in [9.17, 15) is 9.59 Å². The van der Waals surface area contributed by atoms with Gasteiger partial charge in [-0.1, -0.05) is 11.6 Å². The third-order valence-corrected chi connectivity index (χ3v) is 5.67. The molecule has 1 aliphatic heterocycles. The number of hydrogen-bond donors (Lipinski definition) is 2. The maximum absolute atomic E-state index is 12.4. The molecule has 0 aliphatic carbocycles.